The Morgan fingerprint density at radius 3 is 2.50 bits per heavy atom. The number of urea groups is 1. The molecule has 5 heteroatoms. The number of nitrogens with one attached hydrogen (secondary N) is 1. The molecule has 1 saturated heterocycles. The van der Waals surface area contributed by atoms with Crippen molar-refractivity contribution in [2.24, 2.45) is 0 Å². The van der Waals surface area contributed by atoms with Crippen molar-refractivity contribution in [1.29, 1.82) is 0 Å². The second-order valence-electron chi connectivity index (χ2n) is 6.23. The standard InChI is InChI=1S/C19H24N4O/c1-16-5-7-17(8-6-16)15-22-10-12-23(13-11-22)19(24)21-14-18-4-2-3-9-20-18/h2-9H,10-15H2,1H3,(H,21,24). The van der Waals surface area contributed by atoms with Gasteiger partial charge in [0.2, 0.25) is 0 Å². The smallest absolute Gasteiger partial charge is 0.317 e. The number of carbonyl (C=O) groups excluding carboxylic acids is 1. The maximum absolute atomic E-state index is 12.2. The fourth-order valence-electron chi connectivity index (χ4n) is 2.84. The summed E-state index contributed by atoms with van der Waals surface area (Å²) in [5, 5.41) is 2.95. The van der Waals surface area contributed by atoms with Gasteiger partial charge < -0.3 is 10.2 Å². The highest BCUT2D eigenvalue weighted by Gasteiger charge is 2.20. The van der Waals surface area contributed by atoms with Crippen LogP contribution in [-0.2, 0) is 13.1 Å². The van der Waals surface area contributed by atoms with Gasteiger partial charge in [-0.1, -0.05) is 35.9 Å². The minimum Gasteiger partial charge on any atom is -0.332 e. The Kier molecular flexibility index (Phi) is 5.43. The molecule has 24 heavy (non-hydrogen) atoms. The third-order valence-corrected chi connectivity index (χ3v) is 4.33. The maximum atomic E-state index is 12.2. The molecule has 0 bridgehead atoms. The van der Waals surface area contributed by atoms with E-state index in [1.807, 2.05) is 23.1 Å². The first-order valence-corrected chi connectivity index (χ1v) is 8.41. The fourth-order valence-corrected chi connectivity index (χ4v) is 2.84. The number of aromatic nitrogens is 1. The van der Waals surface area contributed by atoms with E-state index < -0.39 is 0 Å². The van der Waals surface area contributed by atoms with Crippen molar-refractivity contribution >= 4 is 6.03 Å². The Morgan fingerprint density at radius 1 is 1.08 bits per heavy atom. The van der Waals surface area contributed by atoms with Gasteiger partial charge in [0, 0.05) is 38.9 Å². The minimum absolute atomic E-state index is 0.00404. The molecule has 0 atom stereocenters. The van der Waals surface area contributed by atoms with Gasteiger partial charge in [-0.25, -0.2) is 4.79 Å². The van der Waals surface area contributed by atoms with Crippen LogP contribution in [0.5, 0.6) is 0 Å². The van der Waals surface area contributed by atoms with Gasteiger partial charge in [-0.05, 0) is 24.6 Å². The maximum Gasteiger partial charge on any atom is 0.317 e. The molecule has 1 N–H and O–H groups in total. The van der Waals surface area contributed by atoms with Crippen LogP contribution < -0.4 is 5.32 Å². The molecule has 1 aliphatic rings. The normalized spacial score (nSPS) is 15.3. The molecule has 1 aromatic heterocycles. The lowest BCUT2D eigenvalue weighted by atomic mass is 10.1. The lowest BCUT2D eigenvalue weighted by Gasteiger charge is -2.34. The van der Waals surface area contributed by atoms with E-state index in [-0.39, 0.29) is 6.03 Å². The summed E-state index contributed by atoms with van der Waals surface area (Å²) in [7, 11) is 0. The summed E-state index contributed by atoms with van der Waals surface area (Å²) in [6, 6.07) is 14.4. The van der Waals surface area contributed by atoms with Crippen molar-refractivity contribution in [2.45, 2.75) is 20.0 Å². The Morgan fingerprint density at radius 2 is 1.83 bits per heavy atom. The van der Waals surface area contributed by atoms with Crippen LogP contribution in [-0.4, -0.2) is 47.0 Å². The van der Waals surface area contributed by atoms with Crippen molar-refractivity contribution < 1.29 is 4.79 Å². The van der Waals surface area contributed by atoms with Crippen LogP contribution in [0.3, 0.4) is 0 Å². The van der Waals surface area contributed by atoms with E-state index >= 15 is 0 Å². The number of piperazine rings is 1. The number of amides is 2. The second kappa shape index (κ2) is 7.93. The molecule has 0 unspecified atom stereocenters. The molecule has 2 amide bonds. The predicted octanol–water partition coefficient (Wildman–Crippen LogP) is 2.42. The number of hydrogen-bond donors (Lipinski definition) is 1. The highest BCUT2D eigenvalue weighted by Crippen LogP contribution is 2.10. The summed E-state index contributed by atoms with van der Waals surface area (Å²) < 4.78 is 0. The third-order valence-electron chi connectivity index (χ3n) is 4.33. The molecule has 126 valence electrons. The monoisotopic (exact) mass is 324 g/mol. The van der Waals surface area contributed by atoms with Gasteiger partial charge in [0.1, 0.15) is 0 Å². The van der Waals surface area contributed by atoms with Crippen LogP contribution in [0.1, 0.15) is 16.8 Å². The van der Waals surface area contributed by atoms with Crippen molar-refractivity contribution in [3.63, 3.8) is 0 Å². The average Bonchev–Trinajstić information content (AvgIpc) is 2.63. The summed E-state index contributed by atoms with van der Waals surface area (Å²) in [5.74, 6) is 0. The Bertz CT molecular complexity index is 649. The fraction of sp³-hybridized carbons (Fsp3) is 0.368. The first-order valence-electron chi connectivity index (χ1n) is 8.41. The molecule has 3 rings (SSSR count). The van der Waals surface area contributed by atoms with Crippen LogP contribution in [0.15, 0.2) is 48.7 Å². The number of nitrogens with zero attached hydrogens (tertiary/aromatic N) is 3. The number of aryl methyl sites for hydroxylation is 1. The van der Waals surface area contributed by atoms with Crippen molar-refractivity contribution in [3.8, 4) is 0 Å². The molecule has 0 saturated carbocycles. The predicted molar refractivity (Wildman–Crippen MR) is 94.5 cm³/mol. The molecule has 1 aliphatic heterocycles. The number of rotatable bonds is 4. The van der Waals surface area contributed by atoms with Gasteiger partial charge in [0.15, 0.2) is 0 Å². The third kappa shape index (κ3) is 4.55. The number of pyridine rings is 1. The van der Waals surface area contributed by atoms with Crippen LogP contribution in [0.25, 0.3) is 0 Å². The Balaban J connectivity index is 1.42. The van der Waals surface area contributed by atoms with E-state index in [1.165, 1.54) is 11.1 Å². The van der Waals surface area contributed by atoms with Gasteiger partial charge in [0.05, 0.1) is 12.2 Å². The zero-order valence-electron chi connectivity index (χ0n) is 14.1. The molecule has 1 fully saturated rings. The molecular formula is C19H24N4O. The summed E-state index contributed by atoms with van der Waals surface area (Å²) in [6.07, 6.45) is 1.74. The lowest BCUT2D eigenvalue weighted by molar-refractivity contribution is 0.135. The summed E-state index contributed by atoms with van der Waals surface area (Å²) >= 11 is 0. The van der Waals surface area contributed by atoms with Crippen LogP contribution in [0.2, 0.25) is 0 Å². The first kappa shape index (κ1) is 16.5. The van der Waals surface area contributed by atoms with Gasteiger partial charge in [-0.2, -0.15) is 0 Å². The lowest BCUT2D eigenvalue weighted by Crippen LogP contribution is -2.51. The van der Waals surface area contributed by atoms with Crippen molar-refractivity contribution in [3.05, 3.63) is 65.5 Å². The molecule has 2 heterocycles. The molecular weight excluding hydrogens is 300 g/mol. The van der Waals surface area contributed by atoms with E-state index in [0.717, 1.165) is 38.4 Å². The quantitative estimate of drug-likeness (QED) is 0.939. The minimum atomic E-state index is -0.00404. The van der Waals surface area contributed by atoms with Crippen molar-refractivity contribution in [1.82, 2.24) is 20.1 Å². The topological polar surface area (TPSA) is 48.5 Å². The SMILES string of the molecule is Cc1ccc(CN2CCN(C(=O)NCc3ccccn3)CC2)cc1. The summed E-state index contributed by atoms with van der Waals surface area (Å²) in [4.78, 5) is 20.7. The zero-order chi connectivity index (χ0) is 16.8. The van der Waals surface area contributed by atoms with Gasteiger partial charge in [-0.3, -0.25) is 9.88 Å². The van der Waals surface area contributed by atoms with Crippen LogP contribution in [0, 0.1) is 6.92 Å². The highest BCUT2D eigenvalue weighted by molar-refractivity contribution is 5.74. The first-order chi connectivity index (χ1) is 11.7. The molecule has 2 aromatic rings. The molecule has 0 spiro atoms. The van der Waals surface area contributed by atoms with Gasteiger partial charge in [-0.15, -0.1) is 0 Å². The molecule has 0 radical (unpaired) electrons. The van der Waals surface area contributed by atoms with Crippen molar-refractivity contribution in [2.75, 3.05) is 26.2 Å². The number of benzene rings is 1. The highest BCUT2D eigenvalue weighted by atomic mass is 16.2. The second-order valence-corrected chi connectivity index (χ2v) is 6.23. The van der Waals surface area contributed by atoms with E-state index in [9.17, 15) is 4.79 Å². The summed E-state index contributed by atoms with van der Waals surface area (Å²) in [6.45, 7) is 6.87. The van der Waals surface area contributed by atoms with E-state index in [0.29, 0.717) is 6.54 Å². The van der Waals surface area contributed by atoms with E-state index in [4.69, 9.17) is 0 Å². The van der Waals surface area contributed by atoms with E-state index in [2.05, 4.69) is 46.4 Å². The van der Waals surface area contributed by atoms with Crippen LogP contribution >= 0.6 is 0 Å². The average molecular weight is 324 g/mol. The number of carbonyl (C=O) groups is 1. The molecule has 0 aliphatic carbocycles. The van der Waals surface area contributed by atoms with Crippen LogP contribution in [0.4, 0.5) is 4.79 Å². The molecule has 1 aromatic carbocycles. The number of hydrogen-bond acceptors (Lipinski definition) is 3. The zero-order valence-corrected chi connectivity index (χ0v) is 14.1. The Labute approximate surface area is 143 Å². The molecule has 5 nitrogen and oxygen atoms in total. The van der Waals surface area contributed by atoms with Gasteiger partial charge in [0.25, 0.3) is 0 Å². The largest absolute Gasteiger partial charge is 0.332 e. The Hall–Kier alpha value is -2.40. The van der Waals surface area contributed by atoms with E-state index in [1.54, 1.807) is 6.20 Å². The summed E-state index contributed by atoms with van der Waals surface area (Å²) in [5.41, 5.74) is 3.49. The van der Waals surface area contributed by atoms with Gasteiger partial charge >= 0.3 is 6.03 Å².